The first-order valence-electron chi connectivity index (χ1n) is 5.78. The number of aromatic amines is 1. The highest BCUT2D eigenvalue weighted by Crippen LogP contribution is 2.07. The number of carbonyl (C=O) groups excluding carboxylic acids is 1. The van der Waals surface area contributed by atoms with Gasteiger partial charge < -0.3 is 10.4 Å². The van der Waals surface area contributed by atoms with Crippen LogP contribution in [0.3, 0.4) is 0 Å². The van der Waals surface area contributed by atoms with Gasteiger partial charge in [-0.15, -0.1) is 0 Å². The summed E-state index contributed by atoms with van der Waals surface area (Å²) < 4.78 is 0. The number of rotatable bonds is 5. The molecule has 1 aromatic carbocycles. The number of aromatic nitrogens is 3. The molecule has 0 aliphatic carbocycles. The fourth-order valence-electron chi connectivity index (χ4n) is 1.53. The van der Waals surface area contributed by atoms with E-state index in [0.717, 1.165) is 6.08 Å². The van der Waals surface area contributed by atoms with Crippen molar-refractivity contribution in [2.45, 2.75) is 6.54 Å². The zero-order valence-electron chi connectivity index (χ0n) is 10.4. The number of carboxylic acids is 1. The lowest BCUT2D eigenvalue weighted by atomic mass is 10.1. The van der Waals surface area contributed by atoms with E-state index in [1.807, 2.05) is 0 Å². The smallest absolute Gasteiger partial charge is 0.328 e. The Kier molecular flexibility index (Phi) is 4.23. The quantitative estimate of drug-likeness (QED) is 0.699. The first-order valence-corrected chi connectivity index (χ1v) is 5.78. The number of amides is 1. The SMILES string of the molecule is O=C(O)C=Cc1cccc(C(=O)NCc2ncn[nH]2)c1. The molecule has 2 rings (SSSR count). The molecule has 0 aliphatic rings. The summed E-state index contributed by atoms with van der Waals surface area (Å²) in [5, 5.41) is 17.6. The first-order chi connectivity index (χ1) is 9.65. The Morgan fingerprint density at radius 3 is 2.95 bits per heavy atom. The summed E-state index contributed by atoms with van der Waals surface area (Å²) in [6.07, 6.45) is 3.81. The van der Waals surface area contributed by atoms with Crippen LogP contribution in [0, 0.1) is 0 Å². The van der Waals surface area contributed by atoms with Crippen LogP contribution >= 0.6 is 0 Å². The average Bonchev–Trinajstić information content (AvgIpc) is 2.96. The molecule has 0 fully saturated rings. The van der Waals surface area contributed by atoms with Gasteiger partial charge in [0.1, 0.15) is 12.2 Å². The van der Waals surface area contributed by atoms with E-state index < -0.39 is 5.97 Å². The van der Waals surface area contributed by atoms with Crippen LogP contribution in [0.4, 0.5) is 0 Å². The van der Waals surface area contributed by atoms with Crippen molar-refractivity contribution in [3.05, 3.63) is 53.6 Å². The normalized spacial score (nSPS) is 10.6. The van der Waals surface area contributed by atoms with E-state index in [9.17, 15) is 9.59 Å². The zero-order chi connectivity index (χ0) is 14.4. The molecule has 0 bridgehead atoms. The Balaban J connectivity index is 2.02. The number of carbonyl (C=O) groups is 2. The van der Waals surface area contributed by atoms with Crippen LogP contribution in [0.15, 0.2) is 36.7 Å². The fourth-order valence-corrected chi connectivity index (χ4v) is 1.53. The second-order valence-electron chi connectivity index (χ2n) is 3.91. The van der Waals surface area contributed by atoms with Crippen LogP contribution in [0.25, 0.3) is 6.08 Å². The van der Waals surface area contributed by atoms with E-state index >= 15 is 0 Å². The van der Waals surface area contributed by atoms with Crippen molar-refractivity contribution < 1.29 is 14.7 Å². The largest absolute Gasteiger partial charge is 0.478 e. The molecule has 1 amide bonds. The minimum absolute atomic E-state index is 0.244. The van der Waals surface area contributed by atoms with Gasteiger partial charge in [0.15, 0.2) is 0 Å². The average molecular weight is 272 g/mol. The maximum absolute atomic E-state index is 11.9. The molecule has 102 valence electrons. The highest BCUT2D eigenvalue weighted by Gasteiger charge is 2.06. The lowest BCUT2D eigenvalue weighted by molar-refractivity contribution is -0.131. The van der Waals surface area contributed by atoms with Crippen molar-refractivity contribution in [2.75, 3.05) is 0 Å². The van der Waals surface area contributed by atoms with Gasteiger partial charge in [0, 0.05) is 11.6 Å². The third-order valence-electron chi connectivity index (χ3n) is 2.45. The van der Waals surface area contributed by atoms with Crippen molar-refractivity contribution in [2.24, 2.45) is 0 Å². The molecule has 0 radical (unpaired) electrons. The van der Waals surface area contributed by atoms with Gasteiger partial charge >= 0.3 is 5.97 Å². The number of hydrogen-bond acceptors (Lipinski definition) is 4. The van der Waals surface area contributed by atoms with Gasteiger partial charge in [0.2, 0.25) is 0 Å². The molecule has 0 unspecified atom stereocenters. The second-order valence-corrected chi connectivity index (χ2v) is 3.91. The van der Waals surface area contributed by atoms with Gasteiger partial charge in [0.05, 0.1) is 6.54 Å². The predicted octanol–water partition coefficient (Wildman–Crippen LogP) is 0.832. The molecule has 2 aromatic rings. The third-order valence-corrected chi connectivity index (χ3v) is 2.45. The number of carboxylic acid groups (broad SMARTS) is 1. The predicted molar refractivity (Wildman–Crippen MR) is 70.7 cm³/mol. The molecule has 20 heavy (non-hydrogen) atoms. The molecule has 7 nitrogen and oxygen atoms in total. The lowest BCUT2D eigenvalue weighted by Gasteiger charge is -2.04. The fraction of sp³-hybridized carbons (Fsp3) is 0.0769. The first kappa shape index (κ1) is 13.5. The topological polar surface area (TPSA) is 108 Å². The van der Waals surface area contributed by atoms with E-state index in [2.05, 4.69) is 20.5 Å². The molecule has 0 aliphatic heterocycles. The van der Waals surface area contributed by atoms with Crippen LogP contribution in [-0.4, -0.2) is 32.2 Å². The molecule has 1 aromatic heterocycles. The molecule has 0 atom stereocenters. The summed E-state index contributed by atoms with van der Waals surface area (Å²) in [7, 11) is 0. The molecule has 0 saturated carbocycles. The monoisotopic (exact) mass is 272 g/mol. The van der Waals surface area contributed by atoms with Crippen molar-refractivity contribution >= 4 is 18.0 Å². The van der Waals surface area contributed by atoms with Gasteiger partial charge in [-0.05, 0) is 23.8 Å². The van der Waals surface area contributed by atoms with Crippen molar-refractivity contribution in [1.82, 2.24) is 20.5 Å². The summed E-state index contributed by atoms with van der Waals surface area (Å²) in [4.78, 5) is 26.2. The molecule has 0 spiro atoms. The van der Waals surface area contributed by atoms with E-state index in [4.69, 9.17) is 5.11 Å². The Morgan fingerprint density at radius 1 is 1.40 bits per heavy atom. The number of nitrogens with zero attached hydrogens (tertiary/aromatic N) is 2. The third kappa shape index (κ3) is 3.77. The Bertz CT molecular complexity index is 635. The van der Waals surface area contributed by atoms with E-state index in [-0.39, 0.29) is 12.5 Å². The van der Waals surface area contributed by atoms with Crippen molar-refractivity contribution in [3.8, 4) is 0 Å². The van der Waals surface area contributed by atoms with Gasteiger partial charge in [-0.25, -0.2) is 9.78 Å². The summed E-state index contributed by atoms with van der Waals surface area (Å²) in [6.45, 7) is 0.244. The van der Waals surface area contributed by atoms with Gasteiger partial charge in [-0.1, -0.05) is 12.1 Å². The minimum atomic E-state index is -1.04. The number of hydrogen-bond donors (Lipinski definition) is 3. The zero-order valence-corrected chi connectivity index (χ0v) is 10.4. The maximum Gasteiger partial charge on any atom is 0.328 e. The van der Waals surface area contributed by atoms with Crippen LogP contribution in [-0.2, 0) is 11.3 Å². The van der Waals surface area contributed by atoms with Gasteiger partial charge in [-0.2, -0.15) is 5.10 Å². The molecule has 7 heteroatoms. The Labute approximate surface area is 114 Å². The second kappa shape index (κ2) is 6.28. The lowest BCUT2D eigenvalue weighted by Crippen LogP contribution is -2.23. The van der Waals surface area contributed by atoms with Crippen LogP contribution in [0.5, 0.6) is 0 Å². The number of nitrogens with one attached hydrogen (secondary N) is 2. The van der Waals surface area contributed by atoms with E-state index in [0.29, 0.717) is 17.0 Å². The highest BCUT2D eigenvalue weighted by atomic mass is 16.4. The van der Waals surface area contributed by atoms with Crippen LogP contribution < -0.4 is 5.32 Å². The Hall–Kier alpha value is -2.96. The molecule has 3 N–H and O–H groups in total. The summed E-state index contributed by atoms with van der Waals surface area (Å²) >= 11 is 0. The highest BCUT2D eigenvalue weighted by molar-refractivity contribution is 5.95. The van der Waals surface area contributed by atoms with Crippen molar-refractivity contribution in [3.63, 3.8) is 0 Å². The van der Waals surface area contributed by atoms with E-state index in [1.54, 1.807) is 24.3 Å². The summed E-state index contributed by atoms with van der Waals surface area (Å²) in [5.41, 5.74) is 1.08. The molecular formula is C13H12N4O3. The van der Waals surface area contributed by atoms with Crippen molar-refractivity contribution in [1.29, 1.82) is 0 Å². The van der Waals surface area contributed by atoms with Crippen LogP contribution in [0.1, 0.15) is 21.7 Å². The summed E-state index contributed by atoms with van der Waals surface area (Å²) in [5.74, 6) is -0.752. The standard InChI is InChI=1S/C13H12N4O3/c18-12(19)5-4-9-2-1-3-10(6-9)13(20)14-7-11-15-8-16-17-11/h1-6,8H,7H2,(H,14,20)(H,18,19)(H,15,16,17). The van der Waals surface area contributed by atoms with E-state index in [1.165, 1.54) is 12.4 Å². The molecule has 1 heterocycles. The van der Waals surface area contributed by atoms with Crippen LogP contribution in [0.2, 0.25) is 0 Å². The number of benzene rings is 1. The maximum atomic E-state index is 11.9. The molecular weight excluding hydrogens is 260 g/mol. The summed E-state index contributed by atoms with van der Waals surface area (Å²) in [6, 6.07) is 6.65. The Morgan fingerprint density at radius 2 is 2.25 bits per heavy atom. The number of aliphatic carboxylic acids is 1. The van der Waals surface area contributed by atoms with Gasteiger partial charge in [0.25, 0.3) is 5.91 Å². The molecule has 0 saturated heterocycles. The minimum Gasteiger partial charge on any atom is -0.478 e. The number of H-pyrrole nitrogens is 1. The van der Waals surface area contributed by atoms with Gasteiger partial charge in [-0.3, -0.25) is 9.89 Å².